The summed E-state index contributed by atoms with van der Waals surface area (Å²) in [4.78, 5) is 22.3. The Morgan fingerprint density at radius 2 is 2.54 bits per heavy atom. The molecule has 0 saturated carbocycles. The molecule has 1 atom stereocenters. The van der Waals surface area contributed by atoms with Crippen molar-refractivity contribution in [2.75, 3.05) is 13.1 Å². The van der Waals surface area contributed by atoms with Crippen LogP contribution in [0.3, 0.4) is 0 Å². The number of carbonyl (C=O) groups excluding carboxylic acids is 2. The van der Waals surface area contributed by atoms with Crippen molar-refractivity contribution in [3.63, 3.8) is 0 Å². The van der Waals surface area contributed by atoms with Gasteiger partial charge in [-0.2, -0.15) is 0 Å². The molecule has 1 unspecified atom stereocenters. The second kappa shape index (κ2) is 4.64. The average Bonchev–Trinajstić information content (AvgIpc) is 2.14. The van der Waals surface area contributed by atoms with Crippen molar-refractivity contribution in [2.45, 2.75) is 12.8 Å². The zero-order chi connectivity index (χ0) is 9.68. The van der Waals surface area contributed by atoms with Gasteiger partial charge in [0.2, 0.25) is 11.8 Å². The van der Waals surface area contributed by atoms with E-state index in [1.165, 1.54) is 0 Å². The molecule has 0 aliphatic carbocycles. The third-order valence-electron chi connectivity index (χ3n) is 2.04. The molecule has 0 aromatic rings. The number of rotatable bonds is 3. The maximum absolute atomic E-state index is 11.4. The minimum atomic E-state index is -0.159. The van der Waals surface area contributed by atoms with Crippen LogP contribution in [0.4, 0.5) is 0 Å². The van der Waals surface area contributed by atoms with Gasteiger partial charge in [-0.3, -0.25) is 9.59 Å². The fourth-order valence-corrected chi connectivity index (χ4v) is 1.32. The molecule has 1 saturated heterocycles. The van der Waals surface area contributed by atoms with Gasteiger partial charge in [0.05, 0.1) is 0 Å². The fraction of sp³-hybridized carbons (Fsp3) is 0.556. The number of piperidine rings is 1. The van der Waals surface area contributed by atoms with Crippen molar-refractivity contribution in [3.05, 3.63) is 12.7 Å². The first-order valence-electron chi connectivity index (χ1n) is 4.39. The smallest absolute Gasteiger partial charge is 0.223 e. The summed E-state index contributed by atoms with van der Waals surface area (Å²) in [7, 11) is 0. The second-order valence-corrected chi connectivity index (χ2v) is 3.07. The molecule has 4 nitrogen and oxygen atoms in total. The van der Waals surface area contributed by atoms with Crippen molar-refractivity contribution in [2.24, 2.45) is 5.92 Å². The number of nitrogens with one attached hydrogen (secondary N) is 2. The lowest BCUT2D eigenvalue weighted by atomic mass is 9.97. The van der Waals surface area contributed by atoms with Gasteiger partial charge in [0.15, 0.2) is 0 Å². The van der Waals surface area contributed by atoms with Crippen LogP contribution in [0.15, 0.2) is 12.7 Å². The summed E-state index contributed by atoms with van der Waals surface area (Å²) in [5.41, 5.74) is 0. The Balaban J connectivity index is 2.36. The van der Waals surface area contributed by atoms with Gasteiger partial charge in [0, 0.05) is 25.4 Å². The van der Waals surface area contributed by atoms with Crippen LogP contribution in [0.1, 0.15) is 12.8 Å². The topological polar surface area (TPSA) is 58.2 Å². The van der Waals surface area contributed by atoms with Crippen LogP contribution >= 0.6 is 0 Å². The van der Waals surface area contributed by atoms with Crippen molar-refractivity contribution in [1.29, 1.82) is 0 Å². The molecule has 1 heterocycles. The number of carbonyl (C=O) groups is 2. The first kappa shape index (κ1) is 9.77. The van der Waals surface area contributed by atoms with E-state index >= 15 is 0 Å². The molecular weight excluding hydrogens is 168 g/mol. The summed E-state index contributed by atoms with van der Waals surface area (Å²) in [6, 6.07) is 0. The summed E-state index contributed by atoms with van der Waals surface area (Å²) in [6.07, 6.45) is 2.67. The first-order valence-corrected chi connectivity index (χ1v) is 4.39. The maximum Gasteiger partial charge on any atom is 0.223 e. The lowest BCUT2D eigenvalue weighted by Gasteiger charge is -2.20. The van der Waals surface area contributed by atoms with E-state index in [4.69, 9.17) is 0 Å². The van der Waals surface area contributed by atoms with E-state index in [1.807, 2.05) is 0 Å². The van der Waals surface area contributed by atoms with Crippen LogP contribution in [-0.2, 0) is 9.59 Å². The third-order valence-corrected chi connectivity index (χ3v) is 2.04. The second-order valence-electron chi connectivity index (χ2n) is 3.07. The molecule has 2 amide bonds. The van der Waals surface area contributed by atoms with Gasteiger partial charge in [-0.15, -0.1) is 6.58 Å². The number of hydrogen-bond donors (Lipinski definition) is 2. The highest BCUT2D eigenvalue weighted by atomic mass is 16.2. The first-order chi connectivity index (χ1) is 6.24. The zero-order valence-corrected chi connectivity index (χ0v) is 7.51. The summed E-state index contributed by atoms with van der Waals surface area (Å²) in [5.74, 6) is -0.242. The van der Waals surface area contributed by atoms with Gasteiger partial charge >= 0.3 is 0 Å². The molecule has 72 valence electrons. The van der Waals surface area contributed by atoms with E-state index in [-0.39, 0.29) is 17.7 Å². The molecule has 1 aliphatic rings. The Hall–Kier alpha value is -1.32. The van der Waals surface area contributed by atoms with E-state index in [0.29, 0.717) is 19.5 Å². The van der Waals surface area contributed by atoms with Crippen molar-refractivity contribution >= 4 is 11.8 Å². The molecular formula is C9H14N2O2. The minimum absolute atomic E-state index is 0.0370. The Morgan fingerprint density at radius 3 is 3.15 bits per heavy atom. The molecule has 0 bridgehead atoms. The third kappa shape index (κ3) is 2.89. The van der Waals surface area contributed by atoms with Gasteiger partial charge in [0.25, 0.3) is 0 Å². The molecule has 2 N–H and O–H groups in total. The Labute approximate surface area is 77.4 Å². The van der Waals surface area contributed by atoms with E-state index in [0.717, 1.165) is 6.42 Å². The van der Waals surface area contributed by atoms with Crippen molar-refractivity contribution in [3.8, 4) is 0 Å². The van der Waals surface area contributed by atoms with E-state index in [1.54, 1.807) is 6.08 Å². The van der Waals surface area contributed by atoms with Gasteiger partial charge in [-0.25, -0.2) is 0 Å². The molecule has 1 rings (SSSR count). The predicted molar refractivity (Wildman–Crippen MR) is 48.9 cm³/mol. The van der Waals surface area contributed by atoms with Crippen LogP contribution < -0.4 is 10.6 Å². The summed E-state index contributed by atoms with van der Waals surface area (Å²) in [6.45, 7) is 4.57. The van der Waals surface area contributed by atoms with Gasteiger partial charge in [0.1, 0.15) is 0 Å². The molecule has 1 aliphatic heterocycles. The molecule has 1 fully saturated rings. The molecule has 0 spiro atoms. The van der Waals surface area contributed by atoms with Crippen LogP contribution in [0.2, 0.25) is 0 Å². The summed E-state index contributed by atoms with van der Waals surface area (Å²) in [5, 5.41) is 5.37. The standard InChI is InChI=1S/C9H14N2O2/c1-2-4-11-9(13)7-3-5-10-8(12)6-7/h2,7H,1,3-6H2,(H,10,12)(H,11,13). The van der Waals surface area contributed by atoms with Gasteiger partial charge in [-0.1, -0.05) is 6.08 Å². The lowest BCUT2D eigenvalue weighted by Crippen LogP contribution is -2.41. The highest BCUT2D eigenvalue weighted by molar-refractivity contribution is 5.86. The SMILES string of the molecule is C=CCNC(=O)C1CCNC(=O)C1. The fourth-order valence-electron chi connectivity index (χ4n) is 1.32. The predicted octanol–water partition coefficient (Wildman–Crippen LogP) is -0.185. The highest BCUT2D eigenvalue weighted by Gasteiger charge is 2.24. The van der Waals surface area contributed by atoms with Crippen molar-refractivity contribution < 1.29 is 9.59 Å². The molecule has 13 heavy (non-hydrogen) atoms. The maximum atomic E-state index is 11.4. The Morgan fingerprint density at radius 1 is 1.77 bits per heavy atom. The molecule has 4 heteroatoms. The molecule has 0 aromatic carbocycles. The highest BCUT2D eigenvalue weighted by Crippen LogP contribution is 2.11. The van der Waals surface area contributed by atoms with Crippen LogP contribution in [0.25, 0.3) is 0 Å². The van der Waals surface area contributed by atoms with Crippen LogP contribution in [0, 0.1) is 5.92 Å². The van der Waals surface area contributed by atoms with Gasteiger partial charge < -0.3 is 10.6 Å². The monoisotopic (exact) mass is 182 g/mol. The van der Waals surface area contributed by atoms with E-state index in [9.17, 15) is 9.59 Å². The minimum Gasteiger partial charge on any atom is -0.356 e. The Bertz CT molecular complexity index is 226. The normalized spacial score (nSPS) is 21.8. The van der Waals surface area contributed by atoms with Gasteiger partial charge in [-0.05, 0) is 6.42 Å². The lowest BCUT2D eigenvalue weighted by molar-refractivity contribution is -0.132. The zero-order valence-electron chi connectivity index (χ0n) is 7.51. The van der Waals surface area contributed by atoms with Crippen LogP contribution in [-0.4, -0.2) is 24.9 Å². The number of amides is 2. The molecule has 0 aromatic heterocycles. The van der Waals surface area contributed by atoms with Crippen molar-refractivity contribution in [1.82, 2.24) is 10.6 Å². The Kier molecular flexibility index (Phi) is 3.49. The summed E-state index contributed by atoms with van der Waals surface area (Å²) >= 11 is 0. The number of hydrogen-bond acceptors (Lipinski definition) is 2. The largest absolute Gasteiger partial charge is 0.356 e. The van der Waals surface area contributed by atoms with E-state index < -0.39 is 0 Å². The van der Waals surface area contributed by atoms with E-state index in [2.05, 4.69) is 17.2 Å². The molecule has 0 radical (unpaired) electrons. The average molecular weight is 182 g/mol. The van der Waals surface area contributed by atoms with Crippen LogP contribution in [0.5, 0.6) is 0 Å². The quantitative estimate of drug-likeness (QED) is 0.595. The summed E-state index contributed by atoms with van der Waals surface area (Å²) < 4.78 is 0.